The van der Waals surface area contributed by atoms with Crippen molar-refractivity contribution in [2.24, 2.45) is 0 Å². The highest BCUT2D eigenvalue weighted by Crippen LogP contribution is 2.25. The number of amides is 1. The fourth-order valence-electron chi connectivity index (χ4n) is 1.90. The molecule has 0 aliphatic carbocycles. The van der Waals surface area contributed by atoms with Gasteiger partial charge in [-0.05, 0) is 30.8 Å². The van der Waals surface area contributed by atoms with E-state index in [1.54, 1.807) is 0 Å². The molecule has 5 nitrogen and oxygen atoms in total. The summed E-state index contributed by atoms with van der Waals surface area (Å²) in [7, 11) is 0. The van der Waals surface area contributed by atoms with Crippen LogP contribution in [0.4, 0.5) is 18.2 Å². The molecule has 1 aliphatic rings. The average molecular weight is 322 g/mol. The molecule has 0 bridgehead atoms. The Morgan fingerprint density at radius 2 is 2.24 bits per heavy atom. The van der Waals surface area contributed by atoms with E-state index in [-0.39, 0.29) is 22.5 Å². The van der Waals surface area contributed by atoms with Gasteiger partial charge in [0.1, 0.15) is 5.00 Å². The lowest BCUT2D eigenvalue weighted by Crippen LogP contribution is -2.35. The number of carbonyl (C=O) groups excluding carboxylic acids is 2. The maximum absolute atomic E-state index is 12.0. The molecular weight excluding hydrogens is 309 g/mol. The SMILES string of the molecule is O=C(OCC(F)(F)F)c1ccsc1NC(=O)[C@@H]1CCCN1. The van der Waals surface area contributed by atoms with Gasteiger partial charge in [0.2, 0.25) is 5.91 Å². The topological polar surface area (TPSA) is 67.4 Å². The van der Waals surface area contributed by atoms with E-state index >= 15 is 0 Å². The van der Waals surface area contributed by atoms with Crippen LogP contribution in [0.1, 0.15) is 23.2 Å². The summed E-state index contributed by atoms with van der Waals surface area (Å²) in [5, 5.41) is 7.23. The molecule has 2 rings (SSSR count). The van der Waals surface area contributed by atoms with Crippen molar-refractivity contribution in [3.63, 3.8) is 0 Å². The Morgan fingerprint density at radius 1 is 1.48 bits per heavy atom. The van der Waals surface area contributed by atoms with Gasteiger partial charge in [-0.1, -0.05) is 0 Å². The third kappa shape index (κ3) is 4.43. The van der Waals surface area contributed by atoms with Crippen LogP contribution < -0.4 is 10.6 Å². The lowest BCUT2D eigenvalue weighted by atomic mass is 10.2. The molecule has 21 heavy (non-hydrogen) atoms. The van der Waals surface area contributed by atoms with Gasteiger partial charge < -0.3 is 15.4 Å². The second kappa shape index (κ2) is 6.44. The summed E-state index contributed by atoms with van der Waals surface area (Å²) in [6.45, 7) is -0.914. The van der Waals surface area contributed by atoms with Crippen molar-refractivity contribution in [1.82, 2.24) is 5.32 Å². The Kier molecular flexibility index (Phi) is 4.84. The number of nitrogens with one attached hydrogen (secondary N) is 2. The Morgan fingerprint density at radius 3 is 2.86 bits per heavy atom. The van der Waals surface area contributed by atoms with Crippen LogP contribution in [0.3, 0.4) is 0 Å². The van der Waals surface area contributed by atoms with Crippen molar-refractivity contribution in [2.45, 2.75) is 25.1 Å². The normalized spacial score (nSPS) is 18.5. The zero-order valence-electron chi connectivity index (χ0n) is 10.8. The largest absolute Gasteiger partial charge is 0.452 e. The standard InChI is InChI=1S/C12H13F3N2O3S/c13-12(14,15)6-20-11(19)7-3-5-21-10(7)17-9(18)8-2-1-4-16-8/h3,5,8,16H,1-2,4,6H2,(H,17,18)/t8-/m0/s1. The van der Waals surface area contributed by atoms with Gasteiger partial charge in [-0.25, -0.2) is 4.79 Å². The molecule has 9 heteroatoms. The first-order valence-electron chi connectivity index (χ1n) is 6.22. The molecule has 1 atom stereocenters. The van der Waals surface area contributed by atoms with Crippen molar-refractivity contribution in [3.8, 4) is 0 Å². The number of hydrogen-bond acceptors (Lipinski definition) is 5. The van der Waals surface area contributed by atoms with Gasteiger partial charge in [0.15, 0.2) is 6.61 Å². The molecule has 116 valence electrons. The van der Waals surface area contributed by atoms with E-state index in [9.17, 15) is 22.8 Å². The summed E-state index contributed by atoms with van der Waals surface area (Å²) in [6.07, 6.45) is -3.02. The van der Waals surface area contributed by atoms with Crippen molar-refractivity contribution in [1.29, 1.82) is 0 Å². The molecule has 0 spiro atoms. The lowest BCUT2D eigenvalue weighted by molar-refractivity contribution is -0.161. The average Bonchev–Trinajstić information content (AvgIpc) is 3.05. The van der Waals surface area contributed by atoms with Crippen LogP contribution in [0, 0.1) is 0 Å². The first-order chi connectivity index (χ1) is 9.87. The summed E-state index contributed by atoms with van der Waals surface area (Å²) in [5.74, 6) is -1.41. The predicted octanol–water partition coefficient (Wildman–Crippen LogP) is 2.16. The fraction of sp³-hybridized carbons (Fsp3) is 0.500. The molecule has 1 saturated heterocycles. The van der Waals surface area contributed by atoms with Crippen LogP contribution in [0.15, 0.2) is 11.4 Å². The molecule has 2 heterocycles. The van der Waals surface area contributed by atoms with E-state index < -0.39 is 18.8 Å². The highest BCUT2D eigenvalue weighted by atomic mass is 32.1. The van der Waals surface area contributed by atoms with Crippen LogP contribution in [0.25, 0.3) is 0 Å². The summed E-state index contributed by atoms with van der Waals surface area (Å²) in [4.78, 5) is 23.5. The Bertz CT molecular complexity index is 524. The first kappa shape index (κ1) is 15.8. The van der Waals surface area contributed by atoms with Crippen molar-refractivity contribution in [3.05, 3.63) is 17.0 Å². The third-order valence-electron chi connectivity index (χ3n) is 2.87. The number of hydrogen-bond donors (Lipinski definition) is 2. The van der Waals surface area contributed by atoms with E-state index in [0.29, 0.717) is 6.42 Å². The van der Waals surface area contributed by atoms with Gasteiger partial charge >= 0.3 is 12.1 Å². The van der Waals surface area contributed by atoms with Crippen molar-refractivity contribution >= 4 is 28.2 Å². The van der Waals surface area contributed by atoms with Gasteiger partial charge in [-0.2, -0.15) is 13.2 Å². The van der Waals surface area contributed by atoms with Crippen LogP contribution in [-0.4, -0.2) is 37.2 Å². The zero-order valence-corrected chi connectivity index (χ0v) is 11.6. The quantitative estimate of drug-likeness (QED) is 0.834. The van der Waals surface area contributed by atoms with Crippen LogP contribution in [0.5, 0.6) is 0 Å². The van der Waals surface area contributed by atoms with Gasteiger partial charge in [-0.3, -0.25) is 4.79 Å². The molecule has 0 unspecified atom stereocenters. The maximum atomic E-state index is 12.0. The summed E-state index contributed by atoms with van der Waals surface area (Å²) >= 11 is 1.06. The number of rotatable bonds is 4. The van der Waals surface area contributed by atoms with Crippen molar-refractivity contribution in [2.75, 3.05) is 18.5 Å². The number of halogens is 3. The monoisotopic (exact) mass is 322 g/mol. The number of esters is 1. The number of anilines is 1. The summed E-state index contributed by atoms with van der Waals surface area (Å²) < 4.78 is 40.2. The third-order valence-corrected chi connectivity index (χ3v) is 3.70. The van der Waals surface area contributed by atoms with E-state index in [1.165, 1.54) is 11.4 Å². The fourth-order valence-corrected chi connectivity index (χ4v) is 2.68. The molecule has 1 aliphatic heterocycles. The molecule has 1 aromatic rings. The Balaban J connectivity index is 1.97. The second-order valence-corrected chi connectivity index (χ2v) is 5.41. The molecule has 1 aromatic heterocycles. The van der Waals surface area contributed by atoms with E-state index in [0.717, 1.165) is 24.3 Å². The molecule has 1 amide bonds. The predicted molar refractivity (Wildman–Crippen MR) is 70.3 cm³/mol. The molecule has 0 radical (unpaired) electrons. The van der Waals surface area contributed by atoms with Gasteiger partial charge in [0.25, 0.3) is 0 Å². The van der Waals surface area contributed by atoms with Gasteiger partial charge in [0, 0.05) is 0 Å². The van der Waals surface area contributed by atoms with Gasteiger partial charge in [-0.15, -0.1) is 11.3 Å². The lowest BCUT2D eigenvalue weighted by Gasteiger charge is -2.11. The van der Waals surface area contributed by atoms with Crippen LogP contribution in [-0.2, 0) is 9.53 Å². The smallest absolute Gasteiger partial charge is 0.422 e. The zero-order chi connectivity index (χ0) is 15.5. The van der Waals surface area contributed by atoms with Crippen molar-refractivity contribution < 1.29 is 27.5 Å². The minimum absolute atomic E-state index is 0.0735. The minimum atomic E-state index is -4.58. The number of carbonyl (C=O) groups is 2. The Labute approximate surface area is 122 Å². The highest BCUT2D eigenvalue weighted by molar-refractivity contribution is 7.14. The van der Waals surface area contributed by atoms with Gasteiger partial charge in [0.05, 0.1) is 11.6 Å². The number of ether oxygens (including phenoxy) is 1. The molecule has 1 fully saturated rings. The van der Waals surface area contributed by atoms with E-state index in [2.05, 4.69) is 15.4 Å². The molecular formula is C12H13F3N2O3S. The van der Waals surface area contributed by atoms with E-state index in [1.807, 2.05) is 0 Å². The summed E-state index contributed by atoms with van der Waals surface area (Å²) in [5.41, 5.74) is -0.0735. The summed E-state index contributed by atoms with van der Waals surface area (Å²) in [6, 6.07) is 0.979. The second-order valence-electron chi connectivity index (χ2n) is 4.49. The highest BCUT2D eigenvalue weighted by Gasteiger charge is 2.31. The molecule has 0 aromatic carbocycles. The molecule has 0 saturated carbocycles. The molecule has 2 N–H and O–H groups in total. The Hall–Kier alpha value is -1.61. The van der Waals surface area contributed by atoms with Crippen LogP contribution >= 0.6 is 11.3 Å². The maximum Gasteiger partial charge on any atom is 0.422 e. The number of thiophene rings is 1. The van der Waals surface area contributed by atoms with Crippen LogP contribution in [0.2, 0.25) is 0 Å². The van der Waals surface area contributed by atoms with E-state index in [4.69, 9.17) is 0 Å². The first-order valence-corrected chi connectivity index (χ1v) is 7.10. The minimum Gasteiger partial charge on any atom is -0.452 e. The number of alkyl halides is 3.